The van der Waals surface area contributed by atoms with Crippen LogP contribution >= 0.6 is 11.6 Å². The van der Waals surface area contributed by atoms with Crippen molar-refractivity contribution < 1.29 is 19.0 Å². The van der Waals surface area contributed by atoms with E-state index in [2.05, 4.69) is 23.2 Å². The summed E-state index contributed by atoms with van der Waals surface area (Å²) in [5.41, 5.74) is 5.98. The van der Waals surface area contributed by atoms with Crippen LogP contribution in [0.15, 0.2) is 91.0 Å². The number of esters is 1. The summed E-state index contributed by atoms with van der Waals surface area (Å²) in [7, 11) is 1.37. The third-order valence-corrected chi connectivity index (χ3v) is 6.62. The van der Waals surface area contributed by atoms with E-state index in [1.54, 1.807) is 12.1 Å². The molecule has 0 amide bonds. The fourth-order valence-corrected chi connectivity index (χ4v) is 4.58. The first-order chi connectivity index (χ1) is 18.6. The fraction of sp³-hybridized carbons (Fsp3) is 0.161. The molecule has 5 aromatic rings. The monoisotopic (exact) mass is 526 g/mol. The van der Waals surface area contributed by atoms with Crippen LogP contribution in [0.3, 0.4) is 0 Å². The summed E-state index contributed by atoms with van der Waals surface area (Å²) < 4.78 is 18.8. The Kier molecular flexibility index (Phi) is 7.61. The van der Waals surface area contributed by atoms with Crippen LogP contribution in [0.1, 0.15) is 28.4 Å². The molecule has 1 heterocycles. The van der Waals surface area contributed by atoms with Gasteiger partial charge in [0.1, 0.15) is 12.4 Å². The quantitative estimate of drug-likeness (QED) is 0.190. The summed E-state index contributed by atoms with van der Waals surface area (Å²) in [6, 6.07) is 29.7. The zero-order valence-corrected chi connectivity index (χ0v) is 21.9. The number of imidazole rings is 1. The Morgan fingerprint density at radius 2 is 1.66 bits per heavy atom. The van der Waals surface area contributed by atoms with E-state index in [4.69, 9.17) is 25.8 Å². The molecule has 0 saturated carbocycles. The second kappa shape index (κ2) is 11.4. The van der Waals surface area contributed by atoms with Crippen molar-refractivity contribution in [3.63, 3.8) is 0 Å². The van der Waals surface area contributed by atoms with Crippen molar-refractivity contribution in [3.05, 3.63) is 113 Å². The average molecular weight is 527 g/mol. The van der Waals surface area contributed by atoms with Crippen LogP contribution in [0, 0.1) is 0 Å². The van der Waals surface area contributed by atoms with Crippen LogP contribution < -0.4 is 9.47 Å². The third kappa shape index (κ3) is 5.36. The smallest absolute Gasteiger partial charge is 0.338 e. The number of methoxy groups -OCH3 is 1. The van der Waals surface area contributed by atoms with Gasteiger partial charge < -0.3 is 14.2 Å². The number of carbonyl (C=O) groups is 1. The lowest BCUT2D eigenvalue weighted by Gasteiger charge is -2.13. The number of benzene rings is 4. The molecule has 0 bridgehead atoms. The molecule has 192 valence electrons. The molecule has 6 nitrogen and oxygen atoms in total. The maximum Gasteiger partial charge on any atom is 0.338 e. The Bertz CT molecular complexity index is 1580. The number of hydrogen-bond donors (Lipinski definition) is 0. The number of ether oxygens (including phenoxy) is 3. The molecule has 7 heteroatoms. The summed E-state index contributed by atoms with van der Waals surface area (Å²) >= 11 is 6.74. The summed E-state index contributed by atoms with van der Waals surface area (Å²) in [5, 5.41) is 0.669. The van der Waals surface area contributed by atoms with E-state index in [-0.39, 0.29) is 6.61 Å². The molecule has 0 spiro atoms. The molecule has 5 rings (SSSR count). The standard InChI is InChI=1S/C31H27ClN2O4/c1-3-37-31-33-28-16-15-25(38-20-24-11-7-8-12-26(24)30(35)36-2)18-29(28)34(31)19-23-14-13-22(17-27(23)32)21-9-5-4-6-10-21/h4-18H,3,19-20H2,1-2H3. The van der Waals surface area contributed by atoms with Crippen molar-refractivity contribution in [2.75, 3.05) is 13.7 Å². The minimum atomic E-state index is -0.394. The van der Waals surface area contributed by atoms with E-state index in [0.717, 1.165) is 33.3 Å². The molecule has 0 aliphatic carbocycles. The van der Waals surface area contributed by atoms with Gasteiger partial charge in [0, 0.05) is 16.7 Å². The van der Waals surface area contributed by atoms with E-state index in [1.165, 1.54) is 7.11 Å². The minimum absolute atomic E-state index is 0.218. The van der Waals surface area contributed by atoms with Crippen LogP contribution in [0.25, 0.3) is 22.2 Å². The highest BCUT2D eigenvalue weighted by atomic mass is 35.5. The Morgan fingerprint density at radius 1 is 0.868 bits per heavy atom. The van der Waals surface area contributed by atoms with E-state index < -0.39 is 5.97 Å². The van der Waals surface area contributed by atoms with E-state index in [1.807, 2.05) is 72.2 Å². The first-order valence-electron chi connectivity index (χ1n) is 12.3. The Morgan fingerprint density at radius 3 is 2.42 bits per heavy atom. The summed E-state index contributed by atoms with van der Waals surface area (Å²) in [4.78, 5) is 16.8. The number of aromatic nitrogens is 2. The number of fused-ring (bicyclic) bond motifs is 1. The first-order valence-corrected chi connectivity index (χ1v) is 12.7. The fourth-order valence-electron chi connectivity index (χ4n) is 4.33. The molecule has 0 atom stereocenters. The summed E-state index contributed by atoms with van der Waals surface area (Å²) in [5.74, 6) is 0.251. The lowest BCUT2D eigenvalue weighted by atomic mass is 10.0. The highest BCUT2D eigenvalue weighted by molar-refractivity contribution is 6.31. The molecule has 0 fully saturated rings. The van der Waals surface area contributed by atoms with Crippen molar-refractivity contribution in [1.29, 1.82) is 0 Å². The van der Waals surface area contributed by atoms with Gasteiger partial charge in [0.05, 0.1) is 36.9 Å². The normalized spacial score (nSPS) is 10.9. The highest BCUT2D eigenvalue weighted by Crippen LogP contribution is 2.31. The third-order valence-electron chi connectivity index (χ3n) is 6.26. The molecule has 0 N–H and O–H groups in total. The van der Waals surface area contributed by atoms with E-state index in [0.29, 0.717) is 35.5 Å². The maximum absolute atomic E-state index is 12.1. The van der Waals surface area contributed by atoms with Crippen molar-refractivity contribution in [1.82, 2.24) is 9.55 Å². The maximum atomic E-state index is 12.1. The van der Waals surface area contributed by atoms with Gasteiger partial charge in [-0.25, -0.2) is 4.79 Å². The molecular formula is C31H27ClN2O4. The minimum Gasteiger partial charge on any atom is -0.489 e. The van der Waals surface area contributed by atoms with Crippen molar-refractivity contribution in [2.45, 2.75) is 20.1 Å². The van der Waals surface area contributed by atoms with Gasteiger partial charge >= 0.3 is 5.97 Å². The van der Waals surface area contributed by atoms with E-state index >= 15 is 0 Å². The van der Waals surface area contributed by atoms with Gasteiger partial charge in [-0.2, -0.15) is 4.98 Å². The second-order valence-corrected chi connectivity index (χ2v) is 9.08. The average Bonchev–Trinajstić information content (AvgIpc) is 3.29. The number of hydrogen-bond acceptors (Lipinski definition) is 5. The van der Waals surface area contributed by atoms with Gasteiger partial charge in [-0.1, -0.05) is 72.3 Å². The van der Waals surface area contributed by atoms with Crippen molar-refractivity contribution in [2.24, 2.45) is 0 Å². The van der Waals surface area contributed by atoms with Gasteiger partial charge in [0.2, 0.25) is 0 Å². The SMILES string of the molecule is CCOc1nc2ccc(OCc3ccccc3C(=O)OC)cc2n1Cc1ccc(-c2ccccc2)cc1Cl. The Balaban J connectivity index is 1.44. The Hall–Kier alpha value is -4.29. The predicted molar refractivity (Wildman–Crippen MR) is 149 cm³/mol. The highest BCUT2D eigenvalue weighted by Gasteiger charge is 2.16. The Labute approximate surface area is 226 Å². The number of carbonyl (C=O) groups excluding carboxylic acids is 1. The molecule has 0 unspecified atom stereocenters. The lowest BCUT2D eigenvalue weighted by Crippen LogP contribution is -2.08. The molecule has 0 aliphatic rings. The molecule has 4 aromatic carbocycles. The van der Waals surface area contributed by atoms with Gasteiger partial charge in [0.15, 0.2) is 0 Å². The zero-order chi connectivity index (χ0) is 26.5. The molecule has 38 heavy (non-hydrogen) atoms. The number of nitrogens with zero attached hydrogens (tertiary/aromatic N) is 2. The van der Waals surface area contributed by atoms with E-state index in [9.17, 15) is 4.79 Å². The molecular weight excluding hydrogens is 500 g/mol. The lowest BCUT2D eigenvalue weighted by molar-refractivity contribution is 0.0597. The predicted octanol–water partition coefficient (Wildman–Crippen LogP) is 7.17. The van der Waals surface area contributed by atoms with Crippen molar-refractivity contribution in [3.8, 4) is 22.9 Å². The van der Waals surface area contributed by atoms with Crippen molar-refractivity contribution >= 4 is 28.6 Å². The molecule has 1 aromatic heterocycles. The van der Waals surface area contributed by atoms with Crippen LogP contribution in [0.2, 0.25) is 5.02 Å². The van der Waals surface area contributed by atoms with Crippen LogP contribution in [-0.2, 0) is 17.9 Å². The van der Waals surface area contributed by atoms with Gasteiger partial charge in [-0.05, 0) is 47.9 Å². The zero-order valence-electron chi connectivity index (χ0n) is 21.2. The summed E-state index contributed by atoms with van der Waals surface area (Å²) in [6.45, 7) is 3.11. The molecule has 0 radical (unpaired) electrons. The number of rotatable bonds is 9. The van der Waals surface area contributed by atoms with Gasteiger partial charge in [0.25, 0.3) is 6.01 Å². The van der Waals surface area contributed by atoms with Gasteiger partial charge in [-0.15, -0.1) is 0 Å². The van der Waals surface area contributed by atoms with Crippen LogP contribution in [-0.4, -0.2) is 29.2 Å². The topological polar surface area (TPSA) is 62.6 Å². The van der Waals surface area contributed by atoms with Gasteiger partial charge in [-0.3, -0.25) is 4.57 Å². The first kappa shape index (κ1) is 25.4. The molecule has 0 saturated heterocycles. The second-order valence-electron chi connectivity index (χ2n) is 8.67. The van der Waals surface area contributed by atoms with Crippen LogP contribution in [0.5, 0.6) is 11.8 Å². The molecule has 0 aliphatic heterocycles. The largest absolute Gasteiger partial charge is 0.489 e. The number of halogens is 1. The van der Waals surface area contributed by atoms with Crippen LogP contribution in [0.4, 0.5) is 0 Å². The summed E-state index contributed by atoms with van der Waals surface area (Å²) in [6.07, 6.45) is 0.